The molecular formula is C11H13BrO2. The van der Waals surface area contributed by atoms with Crippen LogP contribution in [0.5, 0.6) is 0 Å². The SMILES string of the molecule is CCc1c(C)c(C(=O)O)cc(C)c1Br. The number of hydrogen-bond donors (Lipinski definition) is 1. The van der Waals surface area contributed by atoms with Gasteiger partial charge in [-0.05, 0) is 43.0 Å². The Morgan fingerprint density at radius 1 is 1.50 bits per heavy atom. The summed E-state index contributed by atoms with van der Waals surface area (Å²) in [5, 5.41) is 8.99. The van der Waals surface area contributed by atoms with Crippen molar-refractivity contribution in [1.82, 2.24) is 0 Å². The van der Waals surface area contributed by atoms with Crippen LogP contribution < -0.4 is 0 Å². The summed E-state index contributed by atoms with van der Waals surface area (Å²) in [6.45, 7) is 5.79. The van der Waals surface area contributed by atoms with Gasteiger partial charge in [-0.2, -0.15) is 0 Å². The van der Waals surface area contributed by atoms with Gasteiger partial charge in [0.1, 0.15) is 0 Å². The Morgan fingerprint density at radius 2 is 2.07 bits per heavy atom. The van der Waals surface area contributed by atoms with Crippen molar-refractivity contribution >= 4 is 21.9 Å². The van der Waals surface area contributed by atoms with Gasteiger partial charge in [0, 0.05) is 4.47 Å². The predicted octanol–water partition coefficient (Wildman–Crippen LogP) is 3.33. The molecule has 1 aromatic rings. The number of halogens is 1. The van der Waals surface area contributed by atoms with Gasteiger partial charge in [-0.25, -0.2) is 4.79 Å². The predicted molar refractivity (Wildman–Crippen MR) is 60.0 cm³/mol. The van der Waals surface area contributed by atoms with Gasteiger partial charge in [-0.1, -0.05) is 22.9 Å². The van der Waals surface area contributed by atoms with E-state index in [1.165, 1.54) is 0 Å². The number of aromatic carboxylic acids is 1. The lowest BCUT2D eigenvalue weighted by Gasteiger charge is -2.12. The fourth-order valence-corrected chi connectivity index (χ4v) is 2.29. The minimum absolute atomic E-state index is 0.405. The third kappa shape index (κ3) is 1.82. The summed E-state index contributed by atoms with van der Waals surface area (Å²) in [5.41, 5.74) is 3.33. The Labute approximate surface area is 92.1 Å². The zero-order valence-electron chi connectivity index (χ0n) is 8.52. The Balaban J connectivity index is 3.50. The molecule has 0 bridgehead atoms. The van der Waals surface area contributed by atoms with Crippen molar-refractivity contribution in [2.45, 2.75) is 27.2 Å². The zero-order valence-corrected chi connectivity index (χ0v) is 10.1. The molecule has 0 amide bonds. The van der Waals surface area contributed by atoms with Crippen molar-refractivity contribution in [3.8, 4) is 0 Å². The lowest BCUT2D eigenvalue weighted by Crippen LogP contribution is -2.04. The van der Waals surface area contributed by atoms with Crippen LogP contribution in [-0.2, 0) is 6.42 Å². The Morgan fingerprint density at radius 3 is 2.50 bits per heavy atom. The van der Waals surface area contributed by atoms with E-state index in [-0.39, 0.29) is 0 Å². The van der Waals surface area contributed by atoms with Gasteiger partial charge < -0.3 is 5.11 Å². The molecule has 0 fully saturated rings. The highest BCUT2D eigenvalue weighted by Gasteiger charge is 2.14. The third-order valence-corrected chi connectivity index (χ3v) is 3.52. The maximum Gasteiger partial charge on any atom is 0.335 e. The minimum Gasteiger partial charge on any atom is -0.478 e. The lowest BCUT2D eigenvalue weighted by molar-refractivity contribution is 0.0696. The van der Waals surface area contributed by atoms with Crippen LogP contribution in [0.25, 0.3) is 0 Å². The molecule has 2 nitrogen and oxygen atoms in total. The maximum absolute atomic E-state index is 10.9. The molecule has 76 valence electrons. The smallest absolute Gasteiger partial charge is 0.335 e. The van der Waals surface area contributed by atoms with E-state index in [1.54, 1.807) is 6.07 Å². The van der Waals surface area contributed by atoms with Crippen LogP contribution in [0, 0.1) is 13.8 Å². The monoisotopic (exact) mass is 256 g/mol. The summed E-state index contributed by atoms with van der Waals surface area (Å²) in [6, 6.07) is 1.71. The van der Waals surface area contributed by atoms with Crippen LogP contribution in [0.4, 0.5) is 0 Å². The second-order valence-corrected chi connectivity index (χ2v) is 4.11. The fourth-order valence-electron chi connectivity index (χ4n) is 1.60. The highest BCUT2D eigenvalue weighted by molar-refractivity contribution is 9.10. The normalized spacial score (nSPS) is 10.3. The largest absolute Gasteiger partial charge is 0.478 e. The molecule has 0 spiro atoms. The molecule has 0 heterocycles. The molecule has 0 radical (unpaired) electrons. The molecular weight excluding hydrogens is 244 g/mol. The molecule has 0 aliphatic carbocycles. The quantitative estimate of drug-likeness (QED) is 0.882. The van der Waals surface area contributed by atoms with Crippen molar-refractivity contribution in [3.05, 3.63) is 32.8 Å². The molecule has 0 atom stereocenters. The number of carboxylic acids is 1. The Hall–Kier alpha value is -0.830. The van der Waals surface area contributed by atoms with E-state index in [4.69, 9.17) is 5.11 Å². The van der Waals surface area contributed by atoms with Crippen LogP contribution in [0.1, 0.15) is 34.0 Å². The average molecular weight is 257 g/mol. The van der Waals surface area contributed by atoms with Crippen LogP contribution in [0.2, 0.25) is 0 Å². The third-order valence-electron chi connectivity index (χ3n) is 2.41. The summed E-state index contributed by atoms with van der Waals surface area (Å²) in [5.74, 6) is -0.854. The average Bonchev–Trinajstić information content (AvgIpc) is 2.12. The molecule has 14 heavy (non-hydrogen) atoms. The summed E-state index contributed by atoms with van der Waals surface area (Å²) in [6.07, 6.45) is 0.842. The molecule has 3 heteroatoms. The second-order valence-electron chi connectivity index (χ2n) is 3.32. The number of rotatable bonds is 2. The summed E-state index contributed by atoms with van der Waals surface area (Å²) < 4.78 is 1.03. The molecule has 1 aromatic carbocycles. The van der Waals surface area contributed by atoms with Gasteiger partial charge in [0.25, 0.3) is 0 Å². The minimum atomic E-state index is -0.854. The van der Waals surface area contributed by atoms with Gasteiger partial charge in [0.2, 0.25) is 0 Å². The number of carbonyl (C=O) groups is 1. The zero-order chi connectivity index (χ0) is 10.9. The molecule has 0 aliphatic rings. The van der Waals surface area contributed by atoms with E-state index in [2.05, 4.69) is 15.9 Å². The first-order valence-corrected chi connectivity index (χ1v) is 5.30. The van der Waals surface area contributed by atoms with Crippen LogP contribution in [-0.4, -0.2) is 11.1 Å². The summed E-state index contributed by atoms with van der Waals surface area (Å²) in [7, 11) is 0. The second kappa shape index (κ2) is 4.13. The summed E-state index contributed by atoms with van der Waals surface area (Å²) in [4.78, 5) is 10.9. The molecule has 0 saturated heterocycles. The topological polar surface area (TPSA) is 37.3 Å². The maximum atomic E-state index is 10.9. The Bertz CT molecular complexity index is 383. The first kappa shape index (κ1) is 11.2. The number of hydrogen-bond acceptors (Lipinski definition) is 1. The van der Waals surface area contributed by atoms with Crippen LogP contribution >= 0.6 is 15.9 Å². The fraction of sp³-hybridized carbons (Fsp3) is 0.364. The number of carboxylic acid groups (broad SMARTS) is 1. The molecule has 0 unspecified atom stereocenters. The standard InChI is InChI=1S/C11H13BrO2/c1-4-8-7(3)9(11(13)14)5-6(2)10(8)12/h5H,4H2,1-3H3,(H,13,14). The lowest BCUT2D eigenvalue weighted by atomic mass is 9.97. The van der Waals surface area contributed by atoms with Crippen molar-refractivity contribution in [2.75, 3.05) is 0 Å². The van der Waals surface area contributed by atoms with Gasteiger partial charge in [0.05, 0.1) is 5.56 Å². The molecule has 1 rings (SSSR count). The Kier molecular flexibility index (Phi) is 3.32. The van der Waals surface area contributed by atoms with E-state index in [0.717, 1.165) is 27.6 Å². The highest BCUT2D eigenvalue weighted by Crippen LogP contribution is 2.27. The van der Waals surface area contributed by atoms with Crippen LogP contribution in [0.3, 0.4) is 0 Å². The molecule has 0 aromatic heterocycles. The molecule has 1 N–H and O–H groups in total. The highest BCUT2D eigenvalue weighted by atomic mass is 79.9. The van der Waals surface area contributed by atoms with Crippen molar-refractivity contribution < 1.29 is 9.90 Å². The van der Waals surface area contributed by atoms with E-state index < -0.39 is 5.97 Å². The first-order chi connectivity index (χ1) is 6.49. The number of aryl methyl sites for hydroxylation is 1. The van der Waals surface area contributed by atoms with E-state index in [9.17, 15) is 4.79 Å². The van der Waals surface area contributed by atoms with E-state index in [0.29, 0.717) is 5.56 Å². The van der Waals surface area contributed by atoms with Gasteiger partial charge in [-0.3, -0.25) is 0 Å². The first-order valence-electron chi connectivity index (χ1n) is 4.50. The van der Waals surface area contributed by atoms with Gasteiger partial charge in [0.15, 0.2) is 0 Å². The summed E-state index contributed by atoms with van der Waals surface area (Å²) >= 11 is 3.48. The van der Waals surface area contributed by atoms with Crippen molar-refractivity contribution in [2.24, 2.45) is 0 Å². The molecule has 0 saturated carbocycles. The van der Waals surface area contributed by atoms with Crippen LogP contribution in [0.15, 0.2) is 10.5 Å². The van der Waals surface area contributed by atoms with Crippen molar-refractivity contribution in [3.63, 3.8) is 0 Å². The van der Waals surface area contributed by atoms with Crippen molar-refractivity contribution in [1.29, 1.82) is 0 Å². The number of benzene rings is 1. The van der Waals surface area contributed by atoms with E-state index >= 15 is 0 Å². The van der Waals surface area contributed by atoms with E-state index in [1.807, 2.05) is 20.8 Å². The van der Waals surface area contributed by atoms with Gasteiger partial charge >= 0.3 is 5.97 Å². The molecule has 0 aliphatic heterocycles. The van der Waals surface area contributed by atoms with Gasteiger partial charge in [-0.15, -0.1) is 0 Å².